The molecular weight excluding hydrogens is 190 g/mol. The summed E-state index contributed by atoms with van der Waals surface area (Å²) in [5.41, 5.74) is 7.21. The Labute approximate surface area is 90.4 Å². The second-order valence-electron chi connectivity index (χ2n) is 4.32. The van der Waals surface area contributed by atoms with Crippen molar-refractivity contribution in [3.63, 3.8) is 0 Å². The summed E-state index contributed by atoms with van der Waals surface area (Å²) in [5, 5.41) is 4.18. The van der Waals surface area contributed by atoms with Crippen LogP contribution in [-0.4, -0.2) is 22.9 Å². The average molecular weight is 209 g/mol. The van der Waals surface area contributed by atoms with E-state index >= 15 is 0 Å². The van der Waals surface area contributed by atoms with Crippen molar-refractivity contribution in [2.24, 2.45) is 18.7 Å². The van der Waals surface area contributed by atoms with Crippen LogP contribution in [0.25, 0.3) is 0 Å². The molecule has 1 fully saturated rings. The SMILES string of the molecule is COc1cnn(C)c1CCC(N)C1CC1. The summed E-state index contributed by atoms with van der Waals surface area (Å²) in [5.74, 6) is 1.64. The Hall–Kier alpha value is -1.03. The van der Waals surface area contributed by atoms with Crippen LogP contribution in [0.2, 0.25) is 0 Å². The quantitative estimate of drug-likeness (QED) is 0.790. The largest absolute Gasteiger partial charge is 0.493 e. The number of hydrogen-bond donors (Lipinski definition) is 1. The zero-order chi connectivity index (χ0) is 10.8. The van der Waals surface area contributed by atoms with Gasteiger partial charge in [-0.25, -0.2) is 0 Å². The molecule has 4 heteroatoms. The molecule has 0 saturated heterocycles. The second-order valence-corrected chi connectivity index (χ2v) is 4.32. The Morgan fingerprint density at radius 3 is 3.00 bits per heavy atom. The molecular formula is C11H19N3O. The molecule has 0 bridgehead atoms. The van der Waals surface area contributed by atoms with Gasteiger partial charge in [0.05, 0.1) is 19.0 Å². The predicted octanol–water partition coefficient (Wildman–Crippen LogP) is 1.10. The van der Waals surface area contributed by atoms with Crippen LogP contribution < -0.4 is 10.5 Å². The van der Waals surface area contributed by atoms with Crippen LogP contribution in [0.1, 0.15) is 25.0 Å². The van der Waals surface area contributed by atoms with Gasteiger partial charge in [-0.15, -0.1) is 0 Å². The molecule has 2 N–H and O–H groups in total. The van der Waals surface area contributed by atoms with Gasteiger partial charge in [-0.2, -0.15) is 5.10 Å². The van der Waals surface area contributed by atoms with Crippen LogP contribution >= 0.6 is 0 Å². The normalized spacial score (nSPS) is 17.8. The number of aromatic nitrogens is 2. The minimum Gasteiger partial charge on any atom is -0.493 e. The fourth-order valence-electron chi connectivity index (χ4n) is 1.96. The highest BCUT2D eigenvalue weighted by Crippen LogP contribution is 2.33. The van der Waals surface area contributed by atoms with E-state index in [0.717, 1.165) is 30.2 Å². The van der Waals surface area contributed by atoms with Crippen molar-refractivity contribution >= 4 is 0 Å². The minimum absolute atomic E-state index is 0.351. The number of nitrogens with two attached hydrogens (primary N) is 1. The van der Waals surface area contributed by atoms with Crippen molar-refractivity contribution < 1.29 is 4.74 Å². The third-order valence-electron chi connectivity index (χ3n) is 3.19. The van der Waals surface area contributed by atoms with E-state index in [2.05, 4.69) is 5.10 Å². The van der Waals surface area contributed by atoms with Gasteiger partial charge in [0.2, 0.25) is 0 Å². The van der Waals surface area contributed by atoms with E-state index in [0.29, 0.717) is 6.04 Å². The van der Waals surface area contributed by atoms with Crippen molar-refractivity contribution in [3.8, 4) is 5.75 Å². The smallest absolute Gasteiger partial charge is 0.159 e. The molecule has 84 valence electrons. The first-order valence-corrected chi connectivity index (χ1v) is 5.53. The highest BCUT2D eigenvalue weighted by Gasteiger charge is 2.28. The van der Waals surface area contributed by atoms with Gasteiger partial charge in [0, 0.05) is 13.1 Å². The molecule has 1 aliphatic rings. The molecule has 1 saturated carbocycles. The number of methoxy groups -OCH3 is 1. The first-order valence-electron chi connectivity index (χ1n) is 5.53. The predicted molar refractivity (Wildman–Crippen MR) is 58.8 cm³/mol. The molecule has 2 rings (SSSR count). The molecule has 0 spiro atoms. The van der Waals surface area contributed by atoms with Crippen molar-refractivity contribution in [2.45, 2.75) is 31.7 Å². The Morgan fingerprint density at radius 2 is 2.40 bits per heavy atom. The van der Waals surface area contributed by atoms with Gasteiger partial charge in [-0.05, 0) is 31.6 Å². The molecule has 1 aliphatic carbocycles. The lowest BCUT2D eigenvalue weighted by Gasteiger charge is -2.10. The molecule has 1 aromatic heterocycles. The summed E-state index contributed by atoms with van der Waals surface area (Å²) >= 11 is 0. The van der Waals surface area contributed by atoms with E-state index < -0.39 is 0 Å². The Balaban J connectivity index is 1.93. The number of nitrogens with zero attached hydrogens (tertiary/aromatic N) is 2. The second kappa shape index (κ2) is 4.23. The van der Waals surface area contributed by atoms with E-state index in [9.17, 15) is 0 Å². The average Bonchev–Trinajstić information content (AvgIpc) is 3.01. The van der Waals surface area contributed by atoms with E-state index in [1.54, 1.807) is 13.3 Å². The van der Waals surface area contributed by atoms with Gasteiger partial charge in [0.15, 0.2) is 5.75 Å². The number of aryl methyl sites for hydroxylation is 1. The van der Waals surface area contributed by atoms with Gasteiger partial charge in [0.1, 0.15) is 0 Å². The highest BCUT2D eigenvalue weighted by atomic mass is 16.5. The topological polar surface area (TPSA) is 53.1 Å². The maximum atomic E-state index is 6.07. The fraction of sp³-hybridized carbons (Fsp3) is 0.727. The summed E-state index contributed by atoms with van der Waals surface area (Å²) in [6.45, 7) is 0. The zero-order valence-corrected chi connectivity index (χ0v) is 9.44. The highest BCUT2D eigenvalue weighted by molar-refractivity contribution is 5.25. The fourth-order valence-corrected chi connectivity index (χ4v) is 1.96. The molecule has 1 atom stereocenters. The van der Waals surface area contributed by atoms with Crippen LogP contribution in [-0.2, 0) is 13.5 Å². The molecule has 1 aromatic rings. The molecule has 0 radical (unpaired) electrons. The summed E-state index contributed by atoms with van der Waals surface area (Å²) in [7, 11) is 3.63. The Bertz CT molecular complexity index is 331. The maximum Gasteiger partial charge on any atom is 0.159 e. The lowest BCUT2D eigenvalue weighted by molar-refractivity contribution is 0.405. The Kier molecular flexibility index (Phi) is 2.95. The van der Waals surface area contributed by atoms with Crippen LogP contribution in [0, 0.1) is 5.92 Å². The van der Waals surface area contributed by atoms with Crippen LogP contribution in [0.4, 0.5) is 0 Å². The standard InChI is InChI=1S/C11H19N3O/c1-14-10(11(15-2)7-13-14)6-5-9(12)8-3-4-8/h7-9H,3-6,12H2,1-2H3. The van der Waals surface area contributed by atoms with Crippen molar-refractivity contribution in [3.05, 3.63) is 11.9 Å². The van der Waals surface area contributed by atoms with Gasteiger partial charge < -0.3 is 10.5 Å². The number of ether oxygens (including phenoxy) is 1. The van der Waals surface area contributed by atoms with E-state index in [1.165, 1.54) is 12.8 Å². The number of hydrogen-bond acceptors (Lipinski definition) is 3. The first-order chi connectivity index (χ1) is 7.22. The minimum atomic E-state index is 0.351. The van der Waals surface area contributed by atoms with Gasteiger partial charge in [-0.1, -0.05) is 0 Å². The van der Waals surface area contributed by atoms with Crippen LogP contribution in [0.3, 0.4) is 0 Å². The molecule has 0 amide bonds. The summed E-state index contributed by atoms with van der Waals surface area (Å²) in [4.78, 5) is 0. The van der Waals surface area contributed by atoms with Gasteiger partial charge in [0.25, 0.3) is 0 Å². The van der Waals surface area contributed by atoms with E-state index in [1.807, 2.05) is 11.7 Å². The molecule has 15 heavy (non-hydrogen) atoms. The summed E-state index contributed by atoms with van der Waals surface area (Å²) in [6, 6.07) is 0.351. The van der Waals surface area contributed by atoms with E-state index in [4.69, 9.17) is 10.5 Å². The lowest BCUT2D eigenvalue weighted by atomic mass is 10.1. The Morgan fingerprint density at radius 1 is 1.67 bits per heavy atom. The molecule has 0 aliphatic heterocycles. The third-order valence-corrected chi connectivity index (χ3v) is 3.19. The van der Waals surface area contributed by atoms with Gasteiger partial charge in [-0.3, -0.25) is 4.68 Å². The van der Waals surface area contributed by atoms with E-state index in [-0.39, 0.29) is 0 Å². The molecule has 0 aromatic carbocycles. The molecule has 1 unspecified atom stereocenters. The van der Waals surface area contributed by atoms with Crippen molar-refractivity contribution in [2.75, 3.05) is 7.11 Å². The third kappa shape index (κ3) is 2.31. The first kappa shape index (κ1) is 10.5. The number of rotatable bonds is 5. The van der Waals surface area contributed by atoms with Gasteiger partial charge >= 0.3 is 0 Å². The summed E-state index contributed by atoms with van der Waals surface area (Å²) in [6.07, 6.45) is 6.36. The van der Waals surface area contributed by atoms with Crippen LogP contribution in [0.15, 0.2) is 6.20 Å². The van der Waals surface area contributed by atoms with Crippen molar-refractivity contribution in [1.29, 1.82) is 0 Å². The summed E-state index contributed by atoms with van der Waals surface area (Å²) < 4.78 is 7.12. The maximum absolute atomic E-state index is 6.07. The zero-order valence-electron chi connectivity index (χ0n) is 9.44. The van der Waals surface area contributed by atoms with Crippen LogP contribution in [0.5, 0.6) is 5.75 Å². The van der Waals surface area contributed by atoms with Crippen molar-refractivity contribution in [1.82, 2.24) is 9.78 Å². The lowest BCUT2D eigenvalue weighted by Crippen LogP contribution is -2.23. The monoisotopic (exact) mass is 209 g/mol. The molecule has 1 heterocycles. The molecule has 4 nitrogen and oxygen atoms in total.